The van der Waals surface area contributed by atoms with Crippen LogP contribution in [0.5, 0.6) is 0 Å². The Morgan fingerprint density at radius 3 is 0.980 bits per heavy atom. The van der Waals surface area contributed by atoms with Crippen LogP contribution in [0, 0.1) is 0 Å². The number of hydrogen-bond acceptors (Lipinski definition) is 12. The molecule has 0 aromatic heterocycles. The van der Waals surface area contributed by atoms with E-state index in [0.717, 1.165) is 13.0 Å². The summed E-state index contributed by atoms with van der Waals surface area (Å²) in [4.78, 5) is 0.125. The van der Waals surface area contributed by atoms with Crippen molar-refractivity contribution in [3.05, 3.63) is 30.3 Å². The molecular weight excluding hydrogens is 668 g/mol. The second-order valence-electron chi connectivity index (χ2n) is 11.6. The maximum absolute atomic E-state index is 12.0. The average molecular weight is 737 g/mol. The van der Waals surface area contributed by atoms with E-state index in [9.17, 15) is 8.42 Å². The minimum Gasteiger partial charge on any atom is -0.379 e. The molecule has 0 N–H and O–H groups in total. The minimum atomic E-state index is -3.75. The lowest BCUT2D eigenvalue weighted by Crippen LogP contribution is -2.15. The average Bonchev–Trinajstić information content (AvgIpc) is 3.13. The van der Waals surface area contributed by atoms with E-state index < -0.39 is 10.1 Å². The highest BCUT2D eigenvalue weighted by atomic mass is 32.2. The van der Waals surface area contributed by atoms with E-state index >= 15 is 0 Å². The molecular formula is C37H68O12S. The van der Waals surface area contributed by atoms with E-state index in [4.69, 9.17) is 46.8 Å². The molecule has 0 aliphatic rings. The molecule has 0 unspecified atom stereocenters. The van der Waals surface area contributed by atoms with Gasteiger partial charge in [0.2, 0.25) is 0 Å². The van der Waals surface area contributed by atoms with Gasteiger partial charge in [0.15, 0.2) is 0 Å². The molecule has 0 aliphatic carbocycles. The van der Waals surface area contributed by atoms with Crippen molar-refractivity contribution < 1.29 is 55.2 Å². The monoisotopic (exact) mass is 736 g/mol. The Morgan fingerprint density at radius 2 is 0.640 bits per heavy atom. The molecule has 0 fully saturated rings. The summed E-state index contributed by atoms with van der Waals surface area (Å²) < 4.78 is 78.3. The standard InChI is InChI=1S/C37H68O12S/c1-2-3-4-5-6-7-8-9-10-11-15-18-40-19-20-41-21-22-42-23-24-43-25-26-44-27-28-45-29-30-46-31-32-47-33-34-48-35-36-49-50(38,39)37-16-13-12-14-17-37/h12-14,16-17H,2-11,15,18-36H2,1H3. The lowest BCUT2D eigenvalue weighted by Gasteiger charge is -2.09. The Kier molecular flexibility index (Phi) is 35.1. The van der Waals surface area contributed by atoms with Crippen LogP contribution in [0.25, 0.3) is 0 Å². The molecule has 0 radical (unpaired) electrons. The lowest BCUT2D eigenvalue weighted by molar-refractivity contribution is -0.0254. The fraction of sp³-hybridized carbons (Fsp3) is 0.838. The first-order valence-corrected chi connectivity index (χ1v) is 20.2. The third-order valence-corrected chi connectivity index (χ3v) is 8.69. The van der Waals surface area contributed by atoms with Gasteiger partial charge in [0.25, 0.3) is 10.1 Å². The Bertz CT molecular complexity index is 907. The van der Waals surface area contributed by atoms with E-state index in [1.165, 1.54) is 76.3 Å². The van der Waals surface area contributed by atoms with Crippen molar-refractivity contribution in [1.82, 2.24) is 0 Å². The first-order chi connectivity index (χ1) is 24.7. The fourth-order valence-electron chi connectivity index (χ4n) is 4.59. The molecule has 0 heterocycles. The van der Waals surface area contributed by atoms with Gasteiger partial charge in [-0.2, -0.15) is 8.42 Å². The first kappa shape index (κ1) is 46.8. The van der Waals surface area contributed by atoms with Gasteiger partial charge in [0.1, 0.15) is 0 Å². The summed E-state index contributed by atoms with van der Waals surface area (Å²) in [5, 5.41) is 0. The molecule has 0 aliphatic heterocycles. The summed E-state index contributed by atoms with van der Waals surface area (Å²) >= 11 is 0. The van der Waals surface area contributed by atoms with Crippen molar-refractivity contribution in [1.29, 1.82) is 0 Å². The maximum Gasteiger partial charge on any atom is 0.297 e. The summed E-state index contributed by atoms with van der Waals surface area (Å²) in [6, 6.07) is 8.00. The minimum absolute atomic E-state index is 0.0536. The van der Waals surface area contributed by atoms with Gasteiger partial charge in [-0.3, -0.25) is 4.18 Å². The van der Waals surface area contributed by atoms with Crippen LogP contribution in [0.3, 0.4) is 0 Å². The molecule has 0 saturated carbocycles. The number of unbranched alkanes of at least 4 members (excludes halogenated alkanes) is 10. The lowest BCUT2D eigenvalue weighted by atomic mass is 10.1. The predicted octanol–water partition coefficient (Wildman–Crippen LogP) is 5.85. The number of hydrogen-bond donors (Lipinski definition) is 0. The topological polar surface area (TPSA) is 126 Å². The molecule has 1 aromatic rings. The van der Waals surface area contributed by atoms with Crippen LogP contribution in [0.15, 0.2) is 35.2 Å². The molecule has 0 atom stereocenters. The van der Waals surface area contributed by atoms with Crippen LogP contribution in [-0.2, 0) is 56.9 Å². The quantitative estimate of drug-likeness (QED) is 0.0591. The normalized spacial score (nSPS) is 11.9. The zero-order chi connectivity index (χ0) is 35.9. The SMILES string of the molecule is CCCCCCCCCCCCCOCCOCCOCCOCCOCCOCCOCCOCCOCCOS(=O)(=O)c1ccccc1. The van der Waals surface area contributed by atoms with Gasteiger partial charge in [-0.1, -0.05) is 89.3 Å². The van der Waals surface area contributed by atoms with E-state index in [2.05, 4.69) is 6.92 Å². The van der Waals surface area contributed by atoms with E-state index in [-0.39, 0.29) is 18.1 Å². The van der Waals surface area contributed by atoms with Crippen molar-refractivity contribution in [2.24, 2.45) is 0 Å². The molecule has 294 valence electrons. The van der Waals surface area contributed by atoms with Gasteiger partial charge in [0, 0.05) is 6.61 Å². The highest BCUT2D eigenvalue weighted by molar-refractivity contribution is 7.86. The fourth-order valence-corrected chi connectivity index (χ4v) is 5.50. The Hall–Kier alpha value is -1.23. The van der Waals surface area contributed by atoms with Crippen LogP contribution in [0.2, 0.25) is 0 Å². The summed E-state index contributed by atoms with van der Waals surface area (Å²) in [7, 11) is -3.75. The van der Waals surface area contributed by atoms with Crippen molar-refractivity contribution in [2.45, 2.75) is 82.4 Å². The van der Waals surface area contributed by atoms with Crippen molar-refractivity contribution >= 4 is 10.1 Å². The van der Waals surface area contributed by atoms with Crippen LogP contribution < -0.4 is 0 Å². The van der Waals surface area contributed by atoms with E-state index in [1.807, 2.05) is 0 Å². The van der Waals surface area contributed by atoms with Crippen LogP contribution in [-0.4, -0.2) is 134 Å². The summed E-state index contributed by atoms with van der Waals surface area (Å²) in [6.07, 6.45) is 14.8. The Balaban J connectivity index is 1.64. The van der Waals surface area contributed by atoms with Gasteiger partial charge in [-0.25, -0.2) is 0 Å². The predicted molar refractivity (Wildman–Crippen MR) is 193 cm³/mol. The van der Waals surface area contributed by atoms with Crippen LogP contribution in [0.4, 0.5) is 0 Å². The van der Waals surface area contributed by atoms with Crippen LogP contribution >= 0.6 is 0 Å². The van der Waals surface area contributed by atoms with E-state index in [1.54, 1.807) is 18.2 Å². The van der Waals surface area contributed by atoms with Crippen molar-refractivity contribution in [3.8, 4) is 0 Å². The number of ether oxygens (including phenoxy) is 9. The van der Waals surface area contributed by atoms with Crippen molar-refractivity contribution in [2.75, 3.05) is 126 Å². The number of benzene rings is 1. The van der Waals surface area contributed by atoms with Gasteiger partial charge in [0.05, 0.1) is 124 Å². The van der Waals surface area contributed by atoms with Gasteiger partial charge in [-0.05, 0) is 18.6 Å². The maximum atomic E-state index is 12.0. The second kappa shape index (κ2) is 37.5. The van der Waals surface area contributed by atoms with Crippen molar-refractivity contribution in [3.63, 3.8) is 0 Å². The molecule has 0 saturated heterocycles. The van der Waals surface area contributed by atoms with Gasteiger partial charge < -0.3 is 42.6 Å². The molecule has 50 heavy (non-hydrogen) atoms. The molecule has 1 aromatic carbocycles. The van der Waals surface area contributed by atoms with Crippen LogP contribution in [0.1, 0.15) is 77.6 Å². The summed E-state index contributed by atoms with van der Waals surface area (Å²) in [6.45, 7) is 11.1. The molecule has 0 spiro atoms. The highest BCUT2D eigenvalue weighted by Crippen LogP contribution is 2.12. The molecule has 12 nitrogen and oxygen atoms in total. The Labute approximate surface area is 303 Å². The largest absolute Gasteiger partial charge is 0.379 e. The molecule has 0 amide bonds. The second-order valence-corrected chi connectivity index (χ2v) is 13.3. The first-order valence-electron chi connectivity index (χ1n) is 18.8. The Morgan fingerprint density at radius 1 is 0.360 bits per heavy atom. The third-order valence-electron chi connectivity index (χ3n) is 7.37. The van der Waals surface area contributed by atoms with E-state index in [0.29, 0.717) is 106 Å². The molecule has 13 heteroatoms. The highest BCUT2D eigenvalue weighted by Gasteiger charge is 2.13. The smallest absolute Gasteiger partial charge is 0.297 e. The zero-order valence-electron chi connectivity index (χ0n) is 30.9. The molecule has 1 rings (SSSR count). The summed E-state index contributed by atoms with van der Waals surface area (Å²) in [5.74, 6) is 0. The van der Waals surface area contributed by atoms with Gasteiger partial charge in [-0.15, -0.1) is 0 Å². The molecule has 0 bridgehead atoms. The third kappa shape index (κ3) is 32.7. The zero-order valence-corrected chi connectivity index (χ0v) is 31.7. The number of rotatable bonds is 41. The summed E-state index contributed by atoms with van der Waals surface area (Å²) in [5.41, 5.74) is 0. The van der Waals surface area contributed by atoms with Gasteiger partial charge >= 0.3 is 0 Å².